The zero-order valence-electron chi connectivity index (χ0n) is 11.6. The summed E-state index contributed by atoms with van der Waals surface area (Å²) in [6.07, 6.45) is 1.68. The maximum absolute atomic E-state index is 13.6. The molecule has 106 valence electrons. The van der Waals surface area contributed by atoms with Crippen LogP contribution in [0.5, 0.6) is 5.75 Å². The second kappa shape index (κ2) is 5.01. The first-order valence-corrected chi connectivity index (χ1v) is 6.42. The topological polar surface area (TPSA) is 43.6 Å². The van der Waals surface area contributed by atoms with Crippen LogP contribution in [0.3, 0.4) is 0 Å². The van der Waals surface area contributed by atoms with Gasteiger partial charge in [0, 0.05) is 23.9 Å². The highest BCUT2D eigenvalue weighted by Crippen LogP contribution is 2.23. The SMILES string of the molecule is COc1cc(F)cc(-c2cc(=O)n3ccc(C)cc3n2)c1. The average Bonchev–Trinajstić information content (AvgIpc) is 2.45. The van der Waals surface area contributed by atoms with Crippen molar-refractivity contribution in [2.24, 2.45) is 0 Å². The van der Waals surface area contributed by atoms with Gasteiger partial charge in [0.25, 0.3) is 5.56 Å². The molecule has 0 saturated heterocycles. The van der Waals surface area contributed by atoms with Gasteiger partial charge in [0.15, 0.2) is 0 Å². The largest absolute Gasteiger partial charge is 0.497 e. The molecular weight excluding hydrogens is 271 g/mol. The number of rotatable bonds is 2. The van der Waals surface area contributed by atoms with Crippen molar-refractivity contribution in [2.45, 2.75) is 6.92 Å². The van der Waals surface area contributed by atoms with Gasteiger partial charge >= 0.3 is 0 Å². The fraction of sp³-hybridized carbons (Fsp3) is 0.125. The van der Waals surface area contributed by atoms with Gasteiger partial charge in [-0.05, 0) is 36.8 Å². The first-order chi connectivity index (χ1) is 10.1. The molecule has 2 aromatic heterocycles. The molecule has 0 fully saturated rings. The smallest absolute Gasteiger partial charge is 0.258 e. The fourth-order valence-electron chi connectivity index (χ4n) is 2.18. The molecule has 0 N–H and O–H groups in total. The highest BCUT2D eigenvalue weighted by Gasteiger charge is 2.08. The number of aryl methyl sites for hydroxylation is 1. The molecule has 21 heavy (non-hydrogen) atoms. The van der Waals surface area contributed by atoms with Gasteiger partial charge in [-0.3, -0.25) is 9.20 Å². The van der Waals surface area contributed by atoms with E-state index in [1.165, 1.54) is 29.7 Å². The number of benzene rings is 1. The Bertz CT molecular complexity index is 887. The summed E-state index contributed by atoms with van der Waals surface area (Å²) in [7, 11) is 1.46. The number of halogens is 1. The number of pyridine rings is 1. The van der Waals surface area contributed by atoms with Gasteiger partial charge in [-0.25, -0.2) is 9.37 Å². The lowest BCUT2D eigenvalue weighted by atomic mass is 10.1. The van der Waals surface area contributed by atoms with Gasteiger partial charge in [-0.1, -0.05) is 0 Å². The lowest BCUT2D eigenvalue weighted by Crippen LogP contribution is -2.14. The Morgan fingerprint density at radius 3 is 2.76 bits per heavy atom. The van der Waals surface area contributed by atoms with Gasteiger partial charge in [0.1, 0.15) is 17.2 Å². The van der Waals surface area contributed by atoms with Crippen LogP contribution in [0, 0.1) is 12.7 Å². The molecule has 0 atom stereocenters. The standard InChI is InChI=1S/C16H13FN2O2/c1-10-3-4-19-15(5-10)18-14(9-16(19)20)11-6-12(17)8-13(7-11)21-2/h3-9H,1-2H3. The van der Waals surface area contributed by atoms with Crippen LogP contribution in [-0.4, -0.2) is 16.5 Å². The molecular formula is C16H13FN2O2. The Hall–Kier alpha value is -2.69. The first kappa shape index (κ1) is 13.3. The number of aromatic nitrogens is 2. The molecule has 3 aromatic rings. The normalized spacial score (nSPS) is 10.8. The Kier molecular flexibility index (Phi) is 3.17. The third-order valence-corrected chi connectivity index (χ3v) is 3.23. The predicted octanol–water partition coefficient (Wildman–Crippen LogP) is 2.82. The number of hydrogen-bond donors (Lipinski definition) is 0. The van der Waals surface area contributed by atoms with Gasteiger partial charge in [0.2, 0.25) is 0 Å². The number of methoxy groups -OCH3 is 1. The number of nitrogens with zero attached hydrogens (tertiary/aromatic N) is 2. The van der Waals surface area contributed by atoms with Crippen LogP contribution >= 0.6 is 0 Å². The van der Waals surface area contributed by atoms with Crippen molar-refractivity contribution in [3.8, 4) is 17.0 Å². The van der Waals surface area contributed by atoms with Crippen LogP contribution < -0.4 is 10.3 Å². The summed E-state index contributed by atoms with van der Waals surface area (Å²) in [5.41, 5.74) is 2.24. The summed E-state index contributed by atoms with van der Waals surface area (Å²) < 4.78 is 20.1. The Morgan fingerprint density at radius 1 is 1.19 bits per heavy atom. The summed E-state index contributed by atoms with van der Waals surface area (Å²) in [5.74, 6) is -0.0492. The third-order valence-electron chi connectivity index (χ3n) is 3.23. The minimum absolute atomic E-state index is 0.210. The van der Waals surface area contributed by atoms with Crippen LogP contribution in [0.1, 0.15) is 5.56 Å². The minimum Gasteiger partial charge on any atom is -0.497 e. The maximum atomic E-state index is 13.6. The van der Waals surface area contributed by atoms with E-state index in [0.29, 0.717) is 22.7 Å². The van der Waals surface area contributed by atoms with Crippen LogP contribution in [0.4, 0.5) is 4.39 Å². The summed E-state index contributed by atoms with van der Waals surface area (Å²) in [6, 6.07) is 9.29. The summed E-state index contributed by atoms with van der Waals surface area (Å²) >= 11 is 0. The molecule has 2 heterocycles. The van der Waals surface area contributed by atoms with Gasteiger partial charge < -0.3 is 4.74 Å². The molecule has 0 bridgehead atoms. The van der Waals surface area contributed by atoms with Gasteiger partial charge in [-0.15, -0.1) is 0 Å². The molecule has 0 aliphatic carbocycles. The van der Waals surface area contributed by atoms with Crippen LogP contribution in [0.2, 0.25) is 0 Å². The van der Waals surface area contributed by atoms with Crippen LogP contribution in [-0.2, 0) is 0 Å². The lowest BCUT2D eigenvalue weighted by molar-refractivity contribution is 0.411. The summed E-state index contributed by atoms with van der Waals surface area (Å²) in [6.45, 7) is 1.92. The molecule has 5 heteroatoms. The van der Waals surface area contributed by atoms with E-state index in [2.05, 4.69) is 4.98 Å². The van der Waals surface area contributed by atoms with Gasteiger partial charge in [0.05, 0.1) is 12.8 Å². The predicted molar refractivity (Wildman–Crippen MR) is 78.1 cm³/mol. The van der Waals surface area contributed by atoms with Crippen LogP contribution in [0.15, 0.2) is 47.4 Å². The third kappa shape index (κ3) is 2.50. The molecule has 1 aromatic carbocycles. The highest BCUT2D eigenvalue weighted by molar-refractivity contribution is 5.63. The second-order valence-electron chi connectivity index (χ2n) is 4.79. The molecule has 0 aliphatic heterocycles. The molecule has 0 spiro atoms. The Balaban J connectivity index is 2.25. The van der Waals surface area contributed by atoms with E-state index in [4.69, 9.17) is 4.74 Å². The van der Waals surface area contributed by atoms with Crippen molar-refractivity contribution < 1.29 is 9.13 Å². The minimum atomic E-state index is -0.435. The van der Waals surface area contributed by atoms with Crippen molar-refractivity contribution in [1.82, 2.24) is 9.38 Å². The fourth-order valence-corrected chi connectivity index (χ4v) is 2.18. The van der Waals surface area contributed by atoms with E-state index < -0.39 is 5.82 Å². The highest BCUT2D eigenvalue weighted by atomic mass is 19.1. The zero-order chi connectivity index (χ0) is 15.0. The van der Waals surface area contributed by atoms with E-state index in [9.17, 15) is 9.18 Å². The number of ether oxygens (including phenoxy) is 1. The van der Waals surface area contributed by atoms with E-state index in [1.807, 2.05) is 13.0 Å². The first-order valence-electron chi connectivity index (χ1n) is 6.42. The monoisotopic (exact) mass is 284 g/mol. The molecule has 0 radical (unpaired) electrons. The zero-order valence-corrected chi connectivity index (χ0v) is 11.6. The van der Waals surface area contributed by atoms with Crippen molar-refractivity contribution in [3.05, 3.63) is 64.3 Å². The Morgan fingerprint density at radius 2 is 2.00 bits per heavy atom. The van der Waals surface area contributed by atoms with E-state index in [-0.39, 0.29) is 5.56 Å². The van der Waals surface area contributed by atoms with Crippen molar-refractivity contribution in [2.75, 3.05) is 7.11 Å². The van der Waals surface area contributed by atoms with Crippen molar-refractivity contribution in [3.63, 3.8) is 0 Å². The summed E-state index contributed by atoms with van der Waals surface area (Å²) in [5, 5.41) is 0. The molecule has 0 amide bonds. The number of fused-ring (bicyclic) bond motifs is 1. The molecule has 3 rings (SSSR count). The summed E-state index contributed by atoms with van der Waals surface area (Å²) in [4.78, 5) is 16.5. The lowest BCUT2D eigenvalue weighted by Gasteiger charge is -2.07. The quantitative estimate of drug-likeness (QED) is 0.727. The van der Waals surface area contributed by atoms with E-state index >= 15 is 0 Å². The Labute approximate surface area is 120 Å². The molecule has 0 unspecified atom stereocenters. The van der Waals surface area contributed by atoms with Gasteiger partial charge in [-0.2, -0.15) is 0 Å². The molecule has 0 aliphatic rings. The number of hydrogen-bond acceptors (Lipinski definition) is 3. The second-order valence-corrected chi connectivity index (χ2v) is 4.79. The van der Waals surface area contributed by atoms with Crippen molar-refractivity contribution >= 4 is 5.65 Å². The molecule has 4 nitrogen and oxygen atoms in total. The van der Waals surface area contributed by atoms with Crippen molar-refractivity contribution in [1.29, 1.82) is 0 Å². The maximum Gasteiger partial charge on any atom is 0.258 e. The average molecular weight is 284 g/mol. The molecule has 0 saturated carbocycles. The van der Waals surface area contributed by atoms with E-state index in [0.717, 1.165) is 5.56 Å². The van der Waals surface area contributed by atoms with Crippen LogP contribution in [0.25, 0.3) is 16.9 Å². The van der Waals surface area contributed by atoms with E-state index in [1.54, 1.807) is 18.3 Å².